The Morgan fingerprint density at radius 2 is 1.75 bits per heavy atom. The summed E-state index contributed by atoms with van der Waals surface area (Å²) in [5.74, 6) is -3.63. The van der Waals surface area contributed by atoms with Crippen LogP contribution < -0.4 is 10.2 Å². The summed E-state index contributed by atoms with van der Waals surface area (Å²) in [5.41, 5.74) is 0.707. The summed E-state index contributed by atoms with van der Waals surface area (Å²) in [7, 11) is 0. The van der Waals surface area contributed by atoms with Gasteiger partial charge in [-0.25, -0.2) is 9.79 Å². The predicted molar refractivity (Wildman–Crippen MR) is 109 cm³/mol. The van der Waals surface area contributed by atoms with E-state index in [0.717, 1.165) is 15.3 Å². The van der Waals surface area contributed by atoms with Crippen LogP contribution in [0.4, 0.5) is 5.95 Å². The van der Waals surface area contributed by atoms with Crippen LogP contribution in [0.3, 0.4) is 0 Å². The number of carboxylic acid groups (broad SMARTS) is 1. The molecule has 3 aromatic rings. The Labute approximate surface area is 180 Å². The number of aromatic nitrogens is 4. The van der Waals surface area contributed by atoms with Gasteiger partial charge in [-0.2, -0.15) is 0 Å². The van der Waals surface area contributed by atoms with Crippen LogP contribution in [0, 0.1) is 0 Å². The van der Waals surface area contributed by atoms with E-state index in [-0.39, 0.29) is 18.1 Å². The topological polar surface area (TPSA) is 160 Å². The highest BCUT2D eigenvalue weighted by Gasteiger charge is 2.35. The molecular formula is C20H15N7O5. The number of aromatic carboxylic acids is 1. The molecule has 3 amide bonds. The van der Waals surface area contributed by atoms with E-state index in [9.17, 15) is 19.2 Å². The predicted octanol–water partition coefficient (Wildman–Crippen LogP) is -0.00890. The highest BCUT2D eigenvalue weighted by atomic mass is 16.4. The number of hydrogen-bond acceptors (Lipinski definition) is 7. The van der Waals surface area contributed by atoms with Crippen LogP contribution in [-0.2, 0) is 20.9 Å². The van der Waals surface area contributed by atoms with E-state index < -0.39 is 35.9 Å². The number of benzene rings is 2. The average Bonchev–Trinajstić information content (AvgIpc) is 3.29. The van der Waals surface area contributed by atoms with Crippen LogP contribution in [0.2, 0.25) is 0 Å². The minimum absolute atomic E-state index is 0.0771. The van der Waals surface area contributed by atoms with E-state index in [0.29, 0.717) is 5.69 Å². The Balaban J connectivity index is 1.50. The van der Waals surface area contributed by atoms with Gasteiger partial charge in [-0.05, 0) is 35.0 Å². The van der Waals surface area contributed by atoms with Crippen molar-refractivity contribution in [3.05, 3.63) is 65.7 Å². The second-order valence-corrected chi connectivity index (χ2v) is 6.64. The smallest absolute Gasteiger partial charge is 0.335 e. The Morgan fingerprint density at radius 3 is 2.44 bits per heavy atom. The maximum absolute atomic E-state index is 12.8. The van der Waals surface area contributed by atoms with E-state index in [1.165, 1.54) is 24.3 Å². The van der Waals surface area contributed by atoms with Gasteiger partial charge in [0, 0.05) is 6.54 Å². The lowest BCUT2D eigenvalue weighted by Crippen LogP contribution is -2.50. The number of rotatable bonds is 6. The molecular weight excluding hydrogens is 418 g/mol. The standard InChI is InChI=1S/C20H15N7O5/c28-15-11-26(18(30)16(22-15)17(29)21-10-12-4-2-1-3-5-12)20-23-25-27(24-20)14-8-6-13(7-9-14)19(31)32/h1-9H,10-11H2,(H,21,29)(H,31,32). The molecule has 0 spiro atoms. The zero-order chi connectivity index (χ0) is 22.7. The van der Waals surface area contributed by atoms with Gasteiger partial charge in [0.05, 0.1) is 11.3 Å². The Morgan fingerprint density at radius 1 is 1.03 bits per heavy atom. The fourth-order valence-electron chi connectivity index (χ4n) is 2.88. The molecule has 2 N–H and O–H groups in total. The Bertz CT molecular complexity index is 1230. The molecule has 0 radical (unpaired) electrons. The van der Waals surface area contributed by atoms with Crippen LogP contribution in [0.1, 0.15) is 15.9 Å². The van der Waals surface area contributed by atoms with Crippen molar-refractivity contribution < 1.29 is 24.3 Å². The van der Waals surface area contributed by atoms with Crippen molar-refractivity contribution in [2.24, 2.45) is 4.99 Å². The number of nitrogens with zero attached hydrogens (tertiary/aromatic N) is 6. The SMILES string of the molecule is O=C1CN(c2nnn(-c3ccc(C(=O)O)cc3)n2)C(=O)C(C(=O)NCc2ccccc2)=N1. The summed E-state index contributed by atoms with van der Waals surface area (Å²) >= 11 is 0. The summed E-state index contributed by atoms with van der Waals surface area (Å²) in [4.78, 5) is 53.8. The van der Waals surface area contributed by atoms with Crippen molar-refractivity contribution in [2.45, 2.75) is 6.54 Å². The summed E-state index contributed by atoms with van der Waals surface area (Å²) in [6, 6.07) is 14.7. The lowest BCUT2D eigenvalue weighted by molar-refractivity contribution is -0.123. The molecule has 0 unspecified atom stereocenters. The van der Waals surface area contributed by atoms with Gasteiger partial charge in [-0.3, -0.25) is 19.3 Å². The number of carboxylic acids is 1. The Hall–Kier alpha value is -4.74. The van der Waals surface area contributed by atoms with Crippen molar-refractivity contribution in [1.29, 1.82) is 0 Å². The molecule has 32 heavy (non-hydrogen) atoms. The van der Waals surface area contributed by atoms with Gasteiger partial charge in [0.2, 0.25) is 0 Å². The maximum atomic E-state index is 12.8. The molecule has 0 fully saturated rings. The van der Waals surface area contributed by atoms with Crippen LogP contribution in [0.5, 0.6) is 0 Å². The quantitative estimate of drug-likeness (QED) is 0.549. The van der Waals surface area contributed by atoms with Crippen molar-refractivity contribution in [1.82, 2.24) is 25.5 Å². The number of aliphatic imine (C=N–C) groups is 1. The van der Waals surface area contributed by atoms with E-state index in [1.54, 1.807) is 24.3 Å². The van der Waals surface area contributed by atoms with Crippen molar-refractivity contribution in [3.63, 3.8) is 0 Å². The number of tetrazole rings is 1. The van der Waals surface area contributed by atoms with Gasteiger partial charge >= 0.3 is 5.97 Å². The van der Waals surface area contributed by atoms with Crippen LogP contribution in [-0.4, -0.2) is 61.3 Å². The third kappa shape index (κ3) is 4.23. The molecule has 160 valence electrons. The number of amides is 3. The first-order valence-electron chi connectivity index (χ1n) is 9.31. The number of anilines is 1. The fourth-order valence-corrected chi connectivity index (χ4v) is 2.88. The first-order valence-corrected chi connectivity index (χ1v) is 9.31. The van der Waals surface area contributed by atoms with Crippen molar-refractivity contribution in [2.75, 3.05) is 11.4 Å². The van der Waals surface area contributed by atoms with Gasteiger partial charge in [0.1, 0.15) is 6.54 Å². The molecule has 2 heterocycles. The second-order valence-electron chi connectivity index (χ2n) is 6.64. The number of nitrogens with one attached hydrogen (secondary N) is 1. The number of hydrogen-bond donors (Lipinski definition) is 2. The third-order valence-corrected chi connectivity index (χ3v) is 4.48. The van der Waals surface area contributed by atoms with Crippen molar-refractivity contribution in [3.8, 4) is 5.69 Å². The number of carbonyl (C=O) groups is 4. The lowest BCUT2D eigenvalue weighted by atomic mass is 10.2. The van der Waals surface area contributed by atoms with Gasteiger partial charge < -0.3 is 10.4 Å². The van der Waals surface area contributed by atoms with Crippen molar-refractivity contribution >= 4 is 35.4 Å². The monoisotopic (exact) mass is 433 g/mol. The first-order chi connectivity index (χ1) is 15.4. The summed E-state index contributed by atoms with van der Waals surface area (Å²) < 4.78 is 0. The zero-order valence-corrected chi connectivity index (χ0v) is 16.4. The molecule has 4 rings (SSSR count). The molecule has 1 aliphatic heterocycles. The van der Waals surface area contributed by atoms with Gasteiger partial charge in [-0.15, -0.1) is 9.90 Å². The third-order valence-electron chi connectivity index (χ3n) is 4.48. The van der Waals surface area contributed by atoms with E-state index in [2.05, 4.69) is 25.7 Å². The van der Waals surface area contributed by atoms with E-state index in [1.807, 2.05) is 6.07 Å². The first kappa shape index (κ1) is 20.5. The van der Waals surface area contributed by atoms with Gasteiger partial charge in [0.25, 0.3) is 23.7 Å². The van der Waals surface area contributed by atoms with Gasteiger partial charge in [0.15, 0.2) is 5.71 Å². The molecule has 12 heteroatoms. The molecule has 12 nitrogen and oxygen atoms in total. The molecule has 1 aliphatic rings. The zero-order valence-electron chi connectivity index (χ0n) is 16.4. The minimum Gasteiger partial charge on any atom is -0.478 e. The second kappa shape index (κ2) is 8.55. The van der Waals surface area contributed by atoms with Crippen LogP contribution >= 0.6 is 0 Å². The van der Waals surface area contributed by atoms with Crippen LogP contribution in [0.15, 0.2) is 59.6 Å². The lowest BCUT2D eigenvalue weighted by Gasteiger charge is -2.21. The fraction of sp³-hybridized carbons (Fsp3) is 0.100. The molecule has 0 saturated heterocycles. The molecule has 2 aromatic carbocycles. The minimum atomic E-state index is -1.08. The van der Waals surface area contributed by atoms with E-state index >= 15 is 0 Å². The largest absolute Gasteiger partial charge is 0.478 e. The van der Waals surface area contributed by atoms with Gasteiger partial charge in [-0.1, -0.05) is 35.4 Å². The molecule has 0 bridgehead atoms. The maximum Gasteiger partial charge on any atom is 0.335 e. The van der Waals surface area contributed by atoms with Crippen LogP contribution in [0.25, 0.3) is 5.69 Å². The summed E-state index contributed by atoms with van der Waals surface area (Å²) in [5, 5.41) is 23.2. The normalized spacial score (nSPS) is 13.6. The highest BCUT2D eigenvalue weighted by molar-refractivity contribution is 6.69. The Kier molecular flexibility index (Phi) is 5.49. The average molecular weight is 433 g/mol. The molecule has 0 atom stereocenters. The highest BCUT2D eigenvalue weighted by Crippen LogP contribution is 2.14. The van der Waals surface area contributed by atoms with E-state index in [4.69, 9.17) is 5.11 Å². The number of carbonyl (C=O) groups excluding carboxylic acids is 3. The summed E-state index contributed by atoms with van der Waals surface area (Å²) in [6.45, 7) is -0.293. The molecule has 0 aliphatic carbocycles. The molecule has 0 saturated carbocycles. The summed E-state index contributed by atoms with van der Waals surface area (Å²) in [6.07, 6.45) is 0. The molecule has 1 aromatic heterocycles.